The lowest BCUT2D eigenvalue weighted by Crippen LogP contribution is -2.22. The summed E-state index contributed by atoms with van der Waals surface area (Å²) in [6.07, 6.45) is 5.52. The average molecular weight is 246 g/mol. The molecule has 1 unspecified atom stereocenters. The van der Waals surface area contributed by atoms with Crippen LogP contribution in [0.5, 0.6) is 0 Å². The summed E-state index contributed by atoms with van der Waals surface area (Å²) in [6.45, 7) is 0. The summed E-state index contributed by atoms with van der Waals surface area (Å²) >= 11 is 0. The van der Waals surface area contributed by atoms with Crippen molar-refractivity contribution in [2.45, 2.75) is 19.3 Å². The highest BCUT2D eigenvalue weighted by Gasteiger charge is 2.27. The van der Waals surface area contributed by atoms with E-state index in [4.69, 9.17) is 5.11 Å². The van der Waals surface area contributed by atoms with E-state index in [1.807, 2.05) is 17.8 Å². The zero-order valence-electron chi connectivity index (χ0n) is 10.1. The van der Waals surface area contributed by atoms with Gasteiger partial charge in [0.05, 0.1) is 17.9 Å². The average Bonchev–Trinajstić information content (AvgIpc) is 2.93. The van der Waals surface area contributed by atoms with Crippen LogP contribution in [0, 0.1) is 5.92 Å². The van der Waals surface area contributed by atoms with Crippen molar-refractivity contribution in [2.75, 3.05) is 0 Å². The van der Waals surface area contributed by atoms with Crippen molar-refractivity contribution in [2.24, 2.45) is 13.0 Å². The van der Waals surface area contributed by atoms with E-state index in [2.05, 4.69) is 15.0 Å². The molecule has 94 valence electrons. The minimum Gasteiger partial charge on any atom is -0.481 e. The Morgan fingerprint density at radius 3 is 3.11 bits per heavy atom. The highest BCUT2D eigenvalue weighted by molar-refractivity contribution is 5.70. The Balaban J connectivity index is 1.91. The lowest BCUT2D eigenvalue weighted by molar-refractivity contribution is -0.142. The smallest absolute Gasteiger partial charge is 0.306 e. The Morgan fingerprint density at radius 1 is 1.61 bits per heavy atom. The van der Waals surface area contributed by atoms with Gasteiger partial charge in [-0.3, -0.25) is 4.79 Å². The van der Waals surface area contributed by atoms with Crippen molar-refractivity contribution in [1.82, 2.24) is 19.5 Å². The number of aromatic nitrogens is 4. The predicted molar refractivity (Wildman–Crippen MR) is 63.9 cm³/mol. The quantitative estimate of drug-likeness (QED) is 0.828. The zero-order valence-corrected chi connectivity index (χ0v) is 10.1. The van der Waals surface area contributed by atoms with E-state index in [9.17, 15) is 4.79 Å². The molecular formula is C12H14N4O2. The zero-order chi connectivity index (χ0) is 12.7. The molecule has 0 amide bonds. The second kappa shape index (κ2) is 3.97. The van der Waals surface area contributed by atoms with Crippen LogP contribution in [0.4, 0.5) is 0 Å². The Bertz CT molecular complexity index is 599. The number of fused-ring (bicyclic) bond motifs is 1. The Labute approximate surface area is 104 Å². The van der Waals surface area contributed by atoms with Gasteiger partial charge in [0.15, 0.2) is 5.82 Å². The summed E-state index contributed by atoms with van der Waals surface area (Å²) in [5.41, 5.74) is 2.71. The van der Waals surface area contributed by atoms with Gasteiger partial charge in [-0.2, -0.15) is 0 Å². The Morgan fingerprint density at radius 2 is 2.44 bits per heavy atom. The lowest BCUT2D eigenvalue weighted by atomic mass is 9.90. The Kier molecular flexibility index (Phi) is 2.43. The third-order valence-electron chi connectivity index (χ3n) is 3.34. The van der Waals surface area contributed by atoms with Gasteiger partial charge in [-0.1, -0.05) is 0 Å². The summed E-state index contributed by atoms with van der Waals surface area (Å²) in [7, 11) is 1.90. The molecule has 0 saturated heterocycles. The van der Waals surface area contributed by atoms with Gasteiger partial charge in [0.2, 0.25) is 0 Å². The molecule has 0 radical (unpaired) electrons. The minimum atomic E-state index is -0.727. The van der Waals surface area contributed by atoms with Gasteiger partial charge in [-0.15, -0.1) is 0 Å². The van der Waals surface area contributed by atoms with Crippen molar-refractivity contribution in [3.63, 3.8) is 0 Å². The van der Waals surface area contributed by atoms with Crippen molar-refractivity contribution in [3.8, 4) is 11.5 Å². The second-order valence-electron chi connectivity index (χ2n) is 4.71. The van der Waals surface area contributed by atoms with Crippen LogP contribution in [0.2, 0.25) is 0 Å². The number of rotatable bonds is 2. The molecule has 2 N–H and O–H groups in total. The van der Waals surface area contributed by atoms with Crippen molar-refractivity contribution < 1.29 is 9.90 Å². The number of carboxylic acid groups (broad SMARTS) is 1. The first-order chi connectivity index (χ1) is 8.63. The molecule has 1 aliphatic carbocycles. The SMILES string of the molecule is Cn1cnc(-c2nc3c([nH]2)CC(C(=O)O)CC3)c1. The fraction of sp³-hybridized carbons (Fsp3) is 0.417. The predicted octanol–water partition coefficient (Wildman–Crippen LogP) is 1.000. The highest BCUT2D eigenvalue weighted by Crippen LogP contribution is 2.26. The van der Waals surface area contributed by atoms with Crippen LogP contribution in [-0.4, -0.2) is 30.6 Å². The van der Waals surface area contributed by atoms with E-state index in [0.717, 1.165) is 29.3 Å². The molecule has 18 heavy (non-hydrogen) atoms. The maximum Gasteiger partial charge on any atom is 0.306 e. The van der Waals surface area contributed by atoms with Gasteiger partial charge in [-0.25, -0.2) is 9.97 Å². The number of hydrogen-bond acceptors (Lipinski definition) is 3. The first-order valence-corrected chi connectivity index (χ1v) is 5.92. The minimum absolute atomic E-state index is 0.297. The first kappa shape index (κ1) is 11.0. The number of imidazole rings is 2. The third kappa shape index (κ3) is 1.79. The van der Waals surface area contributed by atoms with E-state index in [0.29, 0.717) is 12.8 Å². The standard InChI is InChI=1S/C12H14N4O2/c1-16-5-10(13-6-16)11-14-8-3-2-7(12(17)18)4-9(8)15-11/h5-7H,2-4H2,1H3,(H,14,15)(H,17,18). The van der Waals surface area contributed by atoms with E-state index >= 15 is 0 Å². The van der Waals surface area contributed by atoms with Crippen molar-refractivity contribution in [3.05, 3.63) is 23.9 Å². The maximum absolute atomic E-state index is 11.0. The van der Waals surface area contributed by atoms with Crippen molar-refractivity contribution >= 4 is 5.97 Å². The van der Waals surface area contributed by atoms with Gasteiger partial charge in [0.25, 0.3) is 0 Å². The molecule has 0 aliphatic heterocycles. The highest BCUT2D eigenvalue weighted by atomic mass is 16.4. The number of H-pyrrole nitrogens is 1. The summed E-state index contributed by atoms with van der Waals surface area (Å²) < 4.78 is 1.86. The van der Waals surface area contributed by atoms with E-state index in [1.54, 1.807) is 6.33 Å². The summed E-state index contributed by atoms with van der Waals surface area (Å²) in [5, 5.41) is 9.04. The monoisotopic (exact) mass is 246 g/mol. The van der Waals surface area contributed by atoms with E-state index in [-0.39, 0.29) is 5.92 Å². The van der Waals surface area contributed by atoms with Crippen LogP contribution < -0.4 is 0 Å². The van der Waals surface area contributed by atoms with Crippen LogP contribution in [0.3, 0.4) is 0 Å². The van der Waals surface area contributed by atoms with Crippen LogP contribution in [0.1, 0.15) is 17.8 Å². The summed E-state index contributed by atoms with van der Waals surface area (Å²) in [4.78, 5) is 22.9. The van der Waals surface area contributed by atoms with Gasteiger partial charge in [-0.05, 0) is 12.8 Å². The fourth-order valence-electron chi connectivity index (χ4n) is 2.35. The lowest BCUT2D eigenvalue weighted by Gasteiger charge is -2.16. The Hall–Kier alpha value is -2.11. The molecule has 0 fully saturated rings. The molecule has 0 spiro atoms. The molecule has 0 aromatic carbocycles. The molecule has 0 saturated carbocycles. The van der Waals surface area contributed by atoms with Crippen LogP contribution in [0.15, 0.2) is 12.5 Å². The molecule has 0 bridgehead atoms. The van der Waals surface area contributed by atoms with Crippen molar-refractivity contribution in [1.29, 1.82) is 0 Å². The van der Waals surface area contributed by atoms with Gasteiger partial charge in [0.1, 0.15) is 5.69 Å². The molecule has 1 atom stereocenters. The molecule has 2 aromatic rings. The number of hydrogen-bond donors (Lipinski definition) is 2. The van der Waals surface area contributed by atoms with Gasteiger partial charge in [0, 0.05) is 25.4 Å². The van der Waals surface area contributed by atoms with E-state index < -0.39 is 5.97 Å². The van der Waals surface area contributed by atoms with Crippen LogP contribution in [-0.2, 0) is 24.7 Å². The molecule has 2 aromatic heterocycles. The third-order valence-corrected chi connectivity index (χ3v) is 3.34. The normalized spacial score (nSPS) is 18.6. The first-order valence-electron chi connectivity index (χ1n) is 5.92. The molecule has 3 rings (SSSR count). The molecule has 1 aliphatic rings. The number of nitrogens with zero attached hydrogens (tertiary/aromatic N) is 3. The number of aliphatic carboxylic acids is 1. The number of carboxylic acids is 1. The summed E-state index contributed by atoms with van der Waals surface area (Å²) in [6, 6.07) is 0. The molecule has 2 heterocycles. The number of aromatic amines is 1. The van der Waals surface area contributed by atoms with Gasteiger partial charge >= 0.3 is 5.97 Å². The molecule has 6 nitrogen and oxygen atoms in total. The number of nitrogens with one attached hydrogen (secondary N) is 1. The number of aryl methyl sites for hydroxylation is 2. The summed E-state index contributed by atoms with van der Waals surface area (Å²) in [5.74, 6) is -0.296. The van der Waals surface area contributed by atoms with Gasteiger partial charge < -0.3 is 14.7 Å². The topological polar surface area (TPSA) is 83.8 Å². The number of carbonyl (C=O) groups is 1. The molecular weight excluding hydrogens is 232 g/mol. The van der Waals surface area contributed by atoms with Crippen LogP contribution >= 0.6 is 0 Å². The second-order valence-corrected chi connectivity index (χ2v) is 4.71. The fourth-order valence-corrected chi connectivity index (χ4v) is 2.35. The van der Waals surface area contributed by atoms with Crippen LogP contribution in [0.25, 0.3) is 11.5 Å². The maximum atomic E-state index is 11.0. The van der Waals surface area contributed by atoms with E-state index in [1.165, 1.54) is 0 Å². The largest absolute Gasteiger partial charge is 0.481 e. The molecule has 6 heteroatoms.